The molecular weight excluding hydrogens is 378 g/mol. The van der Waals surface area contributed by atoms with Gasteiger partial charge in [-0.25, -0.2) is 4.99 Å². The van der Waals surface area contributed by atoms with E-state index in [4.69, 9.17) is 4.52 Å². The molecule has 7 nitrogen and oxygen atoms in total. The van der Waals surface area contributed by atoms with Gasteiger partial charge in [0.05, 0.1) is 18.8 Å². The highest BCUT2D eigenvalue weighted by molar-refractivity contribution is 5.94. The van der Waals surface area contributed by atoms with Gasteiger partial charge in [0.25, 0.3) is 5.91 Å². The molecule has 1 aromatic heterocycles. The fourth-order valence-corrected chi connectivity index (χ4v) is 3.15. The molecule has 1 aromatic carbocycles. The molecule has 7 heteroatoms. The van der Waals surface area contributed by atoms with Crippen LogP contribution >= 0.6 is 0 Å². The summed E-state index contributed by atoms with van der Waals surface area (Å²) in [5.41, 5.74) is 2.65. The number of nitrogens with zero attached hydrogens (tertiary/aromatic N) is 2. The van der Waals surface area contributed by atoms with Gasteiger partial charge in [-0.05, 0) is 43.9 Å². The van der Waals surface area contributed by atoms with Crippen molar-refractivity contribution in [1.29, 1.82) is 0 Å². The van der Waals surface area contributed by atoms with E-state index < -0.39 is 0 Å². The number of hydrogen-bond donors (Lipinski definition) is 3. The Morgan fingerprint density at radius 1 is 1.10 bits per heavy atom. The maximum atomic E-state index is 12.2. The van der Waals surface area contributed by atoms with Gasteiger partial charge in [0.15, 0.2) is 11.7 Å². The summed E-state index contributed by atoms with van der Waals surface area (Å²) < 4.78 is 5.48. The second-order valence-electron chi connectivity index (χ2n) is 7.24. The highest BCUT2D eigenvalue weighted by Crippen LogP contribution is 2.22. The number of carbonyl (C=O) groups is 1. The Morgan fingerprint density at radius 3 is 2.60 bits per heavy atom. The van der Waals surface area contributed by atoms with Crippen LogP contribution in [0, 0.1) is 0 Å². The van der Waals surface area contributed by atoms with E-state index >= 15 is 0 Å². The number of nitrogens with one attached hydrogen (secondary N) is 3. The third-order valence-electron chi connectivity index (χ3n) is 4.90. The maximum Gasteiger partial charge on any atom is 0.251 e. The SMILES string of the molecule is CCCNC(=O)c1cccc(CN=C(NCC)NCc2cc(C(CC)CC)no2)c1. The van der Waals surface area contributed by atoms with Gasteiger partial charge in [0.1, 0.15) is 0 Å². The number of benzene rings is 1. The predicted octanol–water partition coefficient (Wildman–Crippen LogP) is 3.97. The van der Waals surface area contributed by atoms with E-state index in [0.717, 1.165) is 42.8 Å². The standard InChI is InChI=1S/C23H35N5O2/c1-5-12-25-22(29)19-11-9-10-17(13-19)15-26-23(24-8-4)27-16-20-14-21(28-30-20)18(6-2)7-3/h9-11,13-14,18H,5-8,12,15-16H2,1-4H3,(H,25,29)(H2,24,26,27). The number of hydrogen-bond acceptors (Lipinski definition) is 4. The van der Waals surface area contributed by atoms with Crippen molar-refractivity contribution in [2.75, 3.05) is 13.1 Å². The minimum absolute atomic E-state index is 0.0497. The number of aliphatic imine (C=N–C) groups is 1. The molecule has 1 amide bonds. The highest BCUT2D eigenvalue weighted by Gasteiger charge is 2.13. The molecule has 0 fully saturated rings. The first-order chi connectivity index (χ1) is 14.6. The summed E-state index contributed by atoms with van der Waals surface area (Å²) in [6, 6.07) is 9.59. The third kappa shape index (κ3) is 7.21. The van der Waals surface area contributed by atoms with Crippen LogP contribution in [0.2, 0.25) is 0 Å². The van der Waals surface area contributed by atoms with Gasteiger partial charge in [0, 0.05) is 30.6 Å². The first-order valence-electron chi connectivity index (χ1n) is 11.0. The van der Waals surface area contributed by atoms with Crippen LogP contribution in [0.25, 0.3) is 0 Å². The van der Waals surface area contributed by atoms with Gasteiger partial charge < -0.3 is 20.5 Å². The van der Waals surface area contributed by atoms with Crippen LogP contribution in [0.1, 0.15) is 80.3 Å². The largest absolute Gasteiger partial charge is 0.359 e. The monoisotopic (exact) mass is 413 g/mol. The zero-order valence-corrected chi connectivity index (χ0v) is 18.6. The fraction of sp³-hybridized carbons (Fsp3) is 0.522. The molecule has 0 aliphatic carbocycles. The summed E-state index contributed by atoms with van der Waals surface area (Å²) in [6.45, 7) is 10.8. The number of rotatable bonds is 11. The first-order valence-corrected chi connectivity index (χ1v) is 11.0. The van der Waals surface area contributed by atoms with E-state index in [9.17, 15) is 4.79 Å². The molecule has 0 aliphatic heterocycles. The van der Waals surface area contributed by atoms with Crippen LogP contribution in [0.15, 0.2) is 39.8 Å². The minimum atomic E-state index is -0.0497. The number of aromatic nitrogens is 1. The van der Waals surface area contributed by atoms with Crippen LogP contribution in [-0.4, -0.2) is 30.1 Å². The molecule has 2 aromatic rings. The molecular formula is C23H35N5O2. The summed E-state index contributed by atoms with van der Waals surface area (Å²) in [5.74, 6) is 1.87. The second kappa shape index (κ2) is 12.7. The van der Waals surface area contributed by atoms with Crippen molar-refractivity contribution in [2.45, 2.75) is 66.0 Å². The van der Waals surface area contributed by atoms with E-state index in [1.807, 2.05) is 44.2 Å². The lowest BCUT2D eigenvalue weighted by Gasteiger charge is -2.10. The average Bonchev–Trinajstić information content (AvgIpc) is 3.23. The van der Waals surface area contributed by atoms with Crippen molar-refractivity contribution in [3.8, 4) is 0 Å². The van der Waals surface area contributed by atoms with Gasteiger partial charge in [-0.3, -0.25) is 4.79 Å². The molecule has 0 spiro atoms. The molecule has 3 N–H and O–H groups in total. The summed E-state index contributed by atoms with van der Waals surface area (Å²) in [7, 11) is 0. The summed E-state index contributed by atoms with van der Waals surface area (Å²) in [4.78, 5) is 16.8. The first kappa shape index (κ1) is 23.4. The lowest BCUT2D eigenvalue weighted by Crippen LogP contribution is -2.36. The second-order valence-corrected chi connectivity index (χ2v) is 7.24. The van der Waals surface area contributed by atoms with Gasteiger partial charge in [-0.15, -0.1) is 0 Å². The summed E-state index contributed by atoms with van der Waals surface area (Å²) in [5, 5.41) is 13.6. The van der Waals surface area contributed by atoms with Gasteiger partial charge in [0.2, 0.25) is 0 Å². The van der Waals surface area contributed by atoms with Crippen molar-refractivity contribution in [1.82, 2.24) is 21.1 Å². The van der Waals surface area contributed by atoms with Crippen LogP contribution in [0.3, 0.4) is 0 Å². The molecule has 0 saturated heterocycles. The molecule has 1 heterocycles. The van der Waals surface area contributed by atoms with E-state index in [-0.39, 0.29) is 5.91 Å². The zero-order chi connectivity index (χ0) is 21.8. The smallest absolute Gasteiger partial charge is 0.251 e. The van der Waals surface area contributed by atoms with Gasteiger partial charge in [-0.2, -0.15) is 0 Å². The Morgan fingerprint density at radius 2 is 1.90 bits per heavy atom. The molecule has 0 atom stereocenters. The fourth-order valence-electron chi connectivity index (χ4n) is 3.15. The number of carbonyl (C=O) groups excluding carboxylic acids is 1. The average molecular weight is 414 g/mol. The third-order valence-corrected chi connectivity index (χ3v) is 4.90. The molecule has 0 saturated carbocycles. The quantitative estimate of drug-likeness (QED) is 0.383. The van der Waals surface area contributed by atoms with Crippen molar-refractivity contribution >= 4 is 11.9 Å². The molecule has 164 valence electrons. The van der Waals surface area contributed by atoms with E-state index in [1.54, 1.807) is 0 Å². The van der Waals surface area contributed by atoms with Crippen molar-refractivity contribution in [3.63, 3.8) is 0 Å². The van der Waals surface area contributed by atoms with Crippen LogP contribution in [-0.2, 0) is 13.1 Å². The van der Waals surface area contributed by atoms with Crippen molar-refractivity contribution < 1.29 is 9.32 Å². The molecule has 0 radical (unpaired) electrons. The Kier molecular flexibility index (Phi) is 9.91. The van der Waals surface area contributed by atoms with Crippen LogP contribution in [0.4, 0.5) is 0 Å². The van der Waals surface area contributed by atoms with Crippen molar-refractivity contribution in [2.24, 2.45) is 4.99 Å². The lowest BCUT2D eigenvalue weighted by molar-refractivity contribution is 0.0953. The number of guanidine groups is 1. The molecule has 0 unspecified atom stereocenters. The molecule has 0 aliphatic rings. The Labute approximate surface area is 179 Å². The van der Waals surface area contributed by atoms with Gasteiger partial charge in [-0.1, -0.05) is 38.1 Å². The minimum Gasteiger partial charge on any atom is -0.359 e. The number of amides is 1. The maximum absolute atomic E-state index is 12.2. The van der Waals surface area contributed by atoms with E-state index in [0.29, 0.717) is 37.1 Å². The van der Waals surface area contributed by atoms with Crippen molar-refractivity contribution in [3.05, 3.63) is 52.9 Å². The van der Waals surface area contributed by atoms with Crippen LogP contribution in [0.5, 0.6) is 0 Å². The Bertz CT molecular complexity index is 811. The lowest BCUT2D eigenvalue weighted by atomic mass is 9.99. The summed E-state index contributed by atoms with van der Waals surface area (Å²) in [6.07, 6.45) is 3.02. The normalized spacial score (nSPS) is 11.6. The Hall–Kier alpha value is -2.83. The molecule has 2 rings (SSSR count). The molecule has 0 bridgehead atoms. The van der Waals surface area contributed by atoms with E-state index in [1.165, 1.54) is 0 Å². The molecule has 30 heavy (non-hydrogen) atoms. The van der Waals surface area contributed by atoms with E-state index in [2.05, 4.69) is 39.9 Å². The Balaban J connectivity index is 1.98. The summed E-state index contributed by atoms with van der Waals surface area (Å²) >= 11 is 0. The highest BCUT2D eigenvalue weighted by atomic mass is 16.5. The zero-order valence-electron chi connectivity index (χ0n) is 18.6. The van der Waals surface area contributed by atoms with Gasteiger partial charge >= 0.3 is 0 Å². The topological polar surface area (TPSA) is 91.5 Å². The predicted molar refractivity (Wildman–Crippen MR) is 121 cm³/mol. The van der Waals surface area contributed by atoms with Crippen LogP contribution < -0.4 is 16.0 Å².